The minimum absolute atomic E-state index is 0.397. The van der Waals surface area contributed by atoms with Gasteiger partial charge < -0.3 is 15.8 Å². The van der Waals surface area contributed by atoms with Crippen LogP contribution in [-0.2, 0) is 4.79 Å². The van der Waals surface area contributed by atoms with Crippen molar-refractivity contribution in [3.05, 3.63) is 53.6 Å². The Morgan fingerprint density at radius 2 is 1.96 bits per heavy atom. The highest BCUT2D eigenvalue weighted by atomic mass is 16.5. The first-order chi connectivity index (χ1) is 10.8. The molecule has 0 aliphatic carbocycles. The zero-order valence-corrected chi connectivity index (χ0v) is 13.5. The number of nitrogens with one attached hydrogen (secondary N) is 1. The van der Waals surface area contributed by atoms with Gasteiger partial charge in [0.05, 0.1) is 12.7 Å². The molecule has 2 amide bonds. The Morgan fingerprint density at radius 1 is 1.26 bits per heavy atom. The molecular weight excluding hydrogens is 292 g/mol. The third kappa shape index (κ3) is 3.34. The molecule has 1 atom stereocenters. The molecule has 2 aromatic carbocycles. The normalized spacial score (nSPS) is 11.8. The van der Waals surface area contributed by atoms with E-state index >= 15 is 0 Å². The van der Waals surface area contributed by atoms with Crippen LogP contribution in [0.25, 0.3) is 10.8 Å². The van der Waals surface area contributed by atoms with E-state index in [0.29, 0.717) is 16.9 Å². The van der Waals surface area contributed by atoms with Crippen LogP contribution < -0.4 is 15.8 Å². The van der Waals surface area contributed by atoms with Crippen LogP contribution in [-0.4, -0.2) is 25.0 Å². The van der Waals surface area contributed by atoms with E-state index in [1.807, 2.05) is 31.2 Å². The molecule has 0 bridgehead atoms. The number of carbonyl (C=O) groups excluding carboxylic acids is 2. The first kappa shape index (κ1) is 16.5. The molecule has 0 radical (unpaired) electrons. The topological polar surface area (TPSA) is 81.4 Å². The summed E-state index contributed by atoms with van der Waals surface area (Å²) >= 11 is 0. The molecule has 2 aromatic rings. The van der Waals surface area contributed by atoms with Gasteiger partial charge >= 0.3 is 0 Å². The van der Waals surface area contributed by atoms with E-state index in [9.17, 15) is 9.59 Å². The Hall–Kier alpha value is -2.82. The van der Waals surface area contributed by atoms with Crippen molar-refractivity contribution in [2.24, 2.45) is 5.73 Å². The van der Waals surface area contributed by atoms with E-state index in [4.69, 9.17) is 10.5 Å². The summed E-state index contributed by atoms with van der Waals surface area (Å²) < 4.78 is 5.28. The molecule has 120 valence electrons. The fourth-order valence-corrected chi connectivity index (χ4v) is 2.46. The second kappa shape index (κ2) is 6.52. The number of fused-ring (bicyclic) bond motifs is 1. The Balaban J connectivity index is 2.53. The van der Waals surface area contributed by atoms with Crippen LogP contribution in [0.2, 0.25) is 0 Å². The number of methoxy groups -OCH3 is 1. The lowest BCUT2D eigenvalue weighted by atomic mass is 9.99. The molecular formula is C18H20N2O3. The van der Waals surface area contributed by atoms with Crippen molar-refractivity contribution in [1.29, 1.82) is 0 Å². The van der Waals surface area contributed by atoms with Crippen molar-refractivity contribution in [1.82, 2.24) is 5.32 Å². The Bertz CT molecular complexity index is 782. The Morgan fingerprint density at radius 3 is 2.52 bits per heavy atom. The van der Waals surface area contributed by atoms with E-state index in [1.54, 1.807) is 20.1 Å². The Labute approximate surface area is 135 Å². The first-order valence-corrected chi connectivity index (χ1v) is 7.18. The van der Waals surface area contributed by atoms with Gasteiger partial charge in [0.1, 0.15) is 11.8 Å². The number of ether oxygens (including phenoxy) is 1. The van der Waals surface area contributed by atoms with E-state index in [1.165, 1.54) is 0 Å². The number of amides is 2. The summed E-state index contributed by atoms with van der Waals surface area (Å²) in [5.74, 6) is -0.469. The van der Waals surface area contributed by atoms with Crippen molar-refractivity contribution in [3.8, 4) is 5.75 Å². The van der Waals surface area contributed by atoms with Crippen LogP contribution in [0.1, 0.15) is 22.8 Å². The van der Waals surface area contributed by atoms with Crippen molar-refractivity contribution in [3.63, 3.8) is 0 Å². The number of nitrogens with two attached hydrogens (primary N) is 1. The van der Waals surface area contributed by atoms with Crippen molar-refractivity contribution >= 4 is 22.6 Å². The molecule has 5 heteroatoms. The number of hydrogen-bond acceptors (Lipinski definition) is 3. The maximum Gasteiger partial charge on any atom is 0.252 e. The van der Waals surface area contributed by atoms with Gasteiger partial charge in [-0.3, -0.25) is 9.59 Å². The molecule has 0 saturated carbocycles. The van der Waals surface area contributed by atoms with Gasteiger partial charge in [-0.25, -0.2) is 0 Å². The summed E-state index contributed by atoms with van der Waals surface area (Å²) in [4.78, 5) is 24.1. The van der Waals surface area contributed by atoms with Gasteiger partial charge in [-0.15, -0.1) is 0 Å². The summed E-state index contributed by atoms with van der Waals surface area (Å²) in [5.41, 5.74) is 7.25. The van der Waals surface area contributed by atoms with Crippen molar-refractivity contribution in [2.75, 3.05) is 7.11 Å². The van der Waals surface area contributed by atoms with Crippen LogP contribution in [0.3, 0.4) is 0 Å². The summed E-state index contributed by atoms with van der Waals surface area (Å²) in [5, 5.41) is 4.33. The molecule has 1 unspecified atom stereocenters. The Kier molecular flexibility index (Phi) is 4.69. The van der Waals surface area contributed by atoms with E-state index in [0.717, 1.165) is 16.3 Å². The predicted octanol–water partition coefficient (Wildman–Crippen LogP) is 2.32. The minimum Gasteiger partial charge on any atom is -0.497 e. The summed E-state index contributed by atoms with van der Waals surface area (Å²) in [6.07, 6.45) is 0. The number of carbonyl (C=O) groups is 2. The molecule has 0 aliphatic heterocycles. The van der Waals surface area contributed by atoms with Gasteiger partial charge in [-0.2, -0.15) is 0 Å². The molecule has 0 fully saturated rings. The fourth-order valence-electron chi connectivity index (χ4n) is 2.46. The van der Waals surface area contributed by atoms with E-state index in [2.05, 4.69) is 11.9 Å². The molecule has 23 heavy (non-hydrogen) atoms. The van der Waals surface area contributed by atoms with Crippen molar-refractivity contribution < 1.29 is 14.3 Å². The van der Waals surface area contributed by atoms with Crippen LogP contribution in [0.15, 0.2) is 42.5 Å². The predicted molar refractivity (Wildman–Crippen MR) is 90.5 cm³/mol. The second-order valence-electron chi connectivity index (χ2n) is 5.50. The lowest BCUT2D eigenvalue weighted by Gasteiger charge is -2.17. The minimum atomic E-state index is -0.909. The van der Waals surface area contributed by atoms with Gasteiger partial charge in [0.2, 0.25) is 5.91 Å². The third-order valence-corrected chi connectivity index (χ3v) is 3.72. The standard InChI is InChI=1S/C18H20N2O3/c1-10(2)16(17(19)21)20-18(22)15-9-12(23-4)8-14-11(3)6-5-7-13(14)15/h5-9,16H,1H2,2-4H3,(H2,19,21)(H,20,22). The van der Waals surface area contributed by atoms with Crippen LogP contribution in [0.4, 0.5) is 0 Å². The van der Waals surface area contributed by atoms with Crippen LogP contribution in [0.5, 0.6) is 5.75 Å². The van der Waals surface area contributed by atoms with Crippen molar-refractivity contribution in [2.45, 2.75) is 19.9 Å². The lowest BCUT2D eigenvalue weighted by Crippen LogP contribution is -2.45. The zero-order chi connectivity index (χ0) is 17.1. The third-order valence-electron chi connectivity index (χ3n) is 3.72. The first-order valence-electron chi connectivity index (χ1n) is 7.18. The van der Waals surface area contributed by atoms with Gasteiger partial charge in [-0.1, -0.05) is 24.8 Å². The molecule has 0 saturated heterocycles. The monoisotopic (exact) mass is 312 g/mol. The molecule has 0 heterocycles. The summed E-state index contributed by atoms with van der Waals surface area (Å²) in [6, 6.07) is 8.32. The molecule has 0 spiro atoms. The average Bonchev–Trinajstić information content (AvgIpc) is 2.51. The smallest absolute Gasteiger partial charge is 0.252 e. The fraction of sp³-hybridized carbons (Fsp3) is 0.222. The lowest BCUT2D eigenvalue weighted by molar-refractivity contribution is -0.119. The number of rotatable bonds is 5. The average molecular weight is 312 g/mol. The summed E-state index contributed by atoms with van der Waals surface area (Å²) in [6.45, 7) is 7.30. The van der Waals surface area contributed by atoms with Gasteiger partial charge in [0.15, 0.2) is 0 Å². The van der Waals surface area contributed by atoms with E-state index < -0.39 is 17.9 Å². The highest BCUT2D eigenvalue weighted by molar-refractivity contribution is 6.09. The van der Waals surface area contributed by atoms with Gasteiger partial charge in [-0.05, 0) is 47.9 Å². The zero-order valence-electron chi connectivity index (χ0n) is 13.5. The number of hydrogen-bond donors (Lipinski definition) is 2. The largest absolute Gasteiger partial charge is 0.497 e. The molecule has 5 nitrogen and oxygen atoms in total. The number of aryl methyl sites for hydroxylation is 1. The molecule has 2 rings (SSSR count). The van der Waals surface area contributed by atoms with E-state index in [-0.39, 0.29) is 0 Å². The molecule has 3 N–H and O–H groups in total. The highest BCUT2D eigenvalue weighted by Gasteiger charge is 2.21. The highest BCUT2D eigenvalue weighted by Crippen LogP contribution is 2.28. The second-order valence-corrected chi connectivity index (χ2v) is 5.50. The number of primary amides is 1. The van der Waals surface area contributed by atoms with Gasteiger partial charge in [0, 0.05) is 0 Å². The van der Waals surface area contributed by atoms with Crippen LogP contribution in [0, 0.1) is 6.92 Å². The van der Waals surface area contributed by atoms with Gasteiger partial charge in [0.25, 0.3) is 5.91 Å². The SMILES string of the molecule is C=C(C)C(NC(=O)c1cc(OC)cc2c(C)cccc12)C(N)=O. The maximum atomic E-state index is 12.6. The maximum absolute atomic E-state index is 12.6. The molecule has 0 aliphatic rings. The number of benzene rings is 2. The molecule has 0 aromatic heterocycles. The summed E-state index contributed by atoms with van der Waals surface area (Å²) in [7, 11) is 1.54. The quantitative estimate of drug-likeness (QED) is 0.831. The van der Waals surface area contributed by atoms with Crippen LogP contribution >= 0.6 is 0 Å².